The smallest absolute Gasteiger partial charge is 0.408 e. The molecular weight excluding hydrogens is 388 g/mol. The number of alkyl carbamates (subject to hydrolysis) is 1. The Kier molecular flexibility index (Phi) is 8.82. The maximum atomic E-state index is 12.4. The molecule has 9 nitrogen and oxygen atoms in total. The van der Waals surface area contributed by atoms with Gasteiger partial charge in [-0.1, -0.05) is 22.9 Å². The number of nitrogens with zero attached hydrogens (tertiary/aromatic N) is 1. The summed E-state index contributed by atoms with van der Waals surface area (Å²) in [7, 11) is 0. The van der Waals surface area contributed by atoms with E-state index in [2.05, 4.69) is 10.5 Å². The summed E-state index contributed by atoms with van der Waals surface area (Å²) in [5.41, 5.74) is 14.6. The fourth-order valence-electron chi connectivity index (χ4n) is 2.85. The Hall–Kier alpha value is -3.10. The van der Waals surface area contributed by atoms with Gasteiger partial charge in [-0.2, -0.15) is 0 Å². The minimum Gasteiger partial charge on any atom is -0.444 e. The second-order valence-corrected chi connectivity index (χ2v) is 8.25. The number of rotatable bonds is 8. The summed E-state index contributed by atoms with van der Waals surface area (Å²) < 4.78 is 5.13. The molecule has 0 aliphatic carbocycles. The molecule has 0 unspecified atom stereocenters. The van der Waals surface area contributed by atoms with Crippen molar-refractivity contribution in [3.63, 3.8) is 0 Å². The van der Waals surface area contributed by atoms with Crippen molar-refractivity contribution in [3.05, 3.63) is 34.4 Å². The van der Waals surface area contributed by atoms with Crippen molar-refractivity contribution in [2.24, 2.45) is 16.6 Å². The fourth-order valence-corrected chi connectivity index (χ4v) is 2.85. The van der Waals surface area contributed by atoms with Crippen molar-refractivity contribution < 1.29 is 24.0 Å². The molecule has 30 heavy (non-hydrogen) atoms. The minimum absolute atomic E-state index is 0.0565. The number of hydrogen-bond donors (Lipinski definition) is 3. The minimum atomic E-state index is -1.16. The highest BCUT2D eigenvalue weighted by atomic mass is 16.7. The zero-order valence-electron chi connectivity index (χ0n) is 18.5. The number of nitrogens with one attached hydrogen (secondary N) is 1. The molecule has 0 radical (unpaired) electrons. The summed E-state index contributed by atoms with van der Waals surface area (Å²) in [6, 6.07) is 2.91. The normalized spacial score (nSPS) is 12.8. The number of nitrogens with two attached hydrogens (primary N) is 2. The number of ether oxygens (including phenoxy) is 1. The number of oxime groups is 1. The van der Waals surface area contributed by atoms with E-state index in [1.807, 2.05) is 32.9 Å². The highest BCUT2D eigenvalue weighted by Gasteiger charge is 2.26. The van der Waals surface area contributed by atoms with Gasteiger partial charge in [0, 0.05) is 12.8 Å². The van der Waals surface area contributed by atoms with Crippen LogP contribution in [-0.4, -0.2) is 35.4 Å². The highest BCUT2D eigenvalue weighted by molar-refractivity contribution is 5.86. The molecule has 0 aromatic heterocycles. The first-order chi connectivity index (χ1) is 13.8. The lowest BCUT2D eigenvalue weighted by Gasteiger charge is -2.22. The van der Waals surface area contributed by atoms with Crippen LogP contribution < -0.4 is 16.8 Å². The molecule has 9 heteroatoms. The van der Waals surface area contributed by atoms with Gasteiger partial charge in [0.05, 0.1) is 0 Å². The van der Waals surface area contributed by atoms with E-state index < -0.39 is 29.6 Å². The second-order valence-electron chi connectivity index (χ2n) is 8.25. The first-order valence-electron chi connectivity index (χ1n) is 9.66. The number of primary amides is 1. The van der Waals surface area contributed by atoms with Crippen molar-refractivity contribution in [1.82, 2.24) is 5.32 Å². The first kappa shape index (κ1) is 24.9. The average molecular weight is 421 g/mol. The van der Waals surface area contributed by atoms with E-state index in [-0.39, 0.29) is 18.7 Å². The van der Waals surface area contributed by atoms with Crippen molar-refractivity contribution in [1.29, 1.82) is 0 Å². The molecule has 1 aromatic rings. The Morgan fingerprint density at radius 2 is 1.67 bits per heavy atom. The summed E-state index contributed by atoms with van der Waals surface area (Å²) in [6.45, 7) is 11.0. The van der Waals surface area contributed by atoms with E-state index in [0.29, 0.717) is 6.42 Å². The molecule has 1 atom stereocenters. The van der Waals surface area contributed by atoms with Crippen LogP contribution in [0.2, 0.25) is 0 Å². The zero-order chi connectivity index (χ0) is 23.1. The van der Waals surface area contributed by atoms with Crippen LogP contribution in [0.25, 0.3) is 0 Å². The Morgan fingerprint density at radius 1 is 1.10 bits per heavy atom. The molecule has 0 saturated heterocycles. The molecular formula is C21H32N4O5. The summed E-state index contributed by atoms with van der Waals surface area (Å²) in [5, 5.41) is 6.06. The van der Waals surface area contributed by atoms with Gasteiger partial charge in [0.2, 0.25) is 5.91 Å². The standard InChI is InChI=1S/C21H32N4O5/c1-12-9-13(2)15(14(3)10-12)11-17(22)25-30-19(27)16(7-8-18(23)26)24-20(28)29-21(4,5)6/h9-10,16H,7-8,11H2,1-6H3,(H2,22,25)(H2,23,26)(H,24,28)/t16-/m0/s1. The van der Waals surface area contributed by atoms with Gasteiger partial charge < -0.3 is 26.4 Å². The molecule has 1 rings (SSSR count). The second kappa shape index (κ2) is 10.6. The Balaban J connectivity index is 2.84. The molecule has 0 aliphatic rings. The lowest BCUT2D eigenvalue weighted by molar-refractivity contribution is -0.146. The largest absolute Gasteiger partial charge is 0.444 e. The lowest BCUT2D eigenvalue weighted by atomic mass is 9.97. The van der Waals surface area contributed by atoms with E-state index in [4.69, 9.17) is 21.0 Å². The van der Waals surface area contributed by atoms with Gasteiger partial charge in [-0.15, -0.1) is 0 Å². The van der Waals surface area contributed by atoms with Crippen molar-refractivity contribution in [2.75, 3.05) is 0 Å². The van der Waals surface area contributed by atoms with E-state index in [1.54, 1.807) is 20.8 Å². The van der Waals surface area contributed by atoms with Crippen molar-refractivity contribution in [2.45, 2.75) is 72.4 Å². The molecule has 0 spiro atoms. The Bertz CT molecular complexity index is 804. The average Bonchev–Trinajstić information content (AvgIpc) is 2.57. The van der Waals surface area contributed by atoms with Gasteiger partial charge >= 0.3 is 12.1 Å². The molecule has 2 amide bonds. The molecule has 0 heterocycles. The summed E-state index contributed by atoms with van der Waals surface area (Å²) in [6.07, 6.45) is -0.705. The number of benzene rings is 1. The van der Waals surface area contributed by atoms with Crippen LogP contribution in [0.4, 0.5) is 4.79 Å². The molecule has 1 aromatic carbocycles. The lowest BCUT2D eigenvalue weighted by Crippen LogP contribution is -2.44. The molecule has 5 N–H and O–H groups in total. The van der Waals surface area contributed by atoms with Gasteiger partial charge in [0.25, 0.3) is 0 Å². The maximum Gasteiger partial charge on any atom is 0.408 e. The Morgan fingerprint density at radius 3 is 2.17 bits per heavy atom. The third-order valence-corrected chi connectivity index (χ3v) is 4.11. The molecule has 0 aliphatic heterocycles. The van der Waals surface area contributed by atoms with Crippen LogP contribution in [0.3, 0.4) is 0 Å². The molecule has 0 saturated carbocycles. The van der Waals surface area contributed by atoms with Crippen molar-refractivity contribution in [3.8, 4) is 0 Å². The summed E-state index contributed by atoms with van der Waals surface area (Å²) in [5.74, 6) is -1.39. The third-order valence-electron chi connectivity index (χ3n) is 4.11. The van der Waals surface area contributed by atoms with Gasteiger partial charge in [-0.05, 0) is 64.7 Å². The van der Waals surface area contributed by atoms with Gasteiger partial charge in [-0.3, -0.25) is 4.79 Å². The van der Waals surface area contributed by atoms with E-state index in [9.17, 15) is 14.4 Å². The molecule has 166 valence electrons. The SMILES string of the molecule is Cc1cc(C)c(C/C(N)=N/OC(=O)[C@H](CCC(N)=O)NC(=O)OC(C)(C)C)c(C)c1. The third kappa shape index (κ3) is 8.93. The van der Waals surface area contributed by atoms with Crippen LogP contribution >= 0.6 is 0 Å². The number of hydrogen-bond acceptors (Lipinski definition) is 6. The number of amides is 2. The van der Waals surface area contributed by atoms with Crippen LogP contribution in [0.15, 0.2) is 17.3 Å². The number of amidine groups is 1. The number of aryl methyl sites for hydroxylation is 3. The highest BCUT2D eigenvalue weighted by Crippen LogP contribution is 2.17. The fraction of sp³-hybridized carbons (Fsp3) is 0.524. The summed E-state index contributed by atoms with van der Waals surface area (Å²) in [4.78, 5) is 40.4. The van der Waals surface area contributed by atoms with E-state index >= 15 is 0 Å². The first-order valence-corrected chi connectivity index (χ1v) is 9.66. The molecule has 0 bridgehead atoms. The predicted molar refractivity (Wildman–Crippen MR) is 114 cm³/mol. The maximum absolute atomic E-state index is 12.4. The van der Waals surface area contributed by atoms with E-state index in [0.717, 1.165) is 22.3 Å². The van der Waals surface area contributed by atoms with Crippen LogP contribution in [0.5, 0.6) is 0 Å². The quantitative estimate of drug-likeness (QED) is 0.254. The van der Waals surface area contributed by atoms with E-state index in [1.165, 1.54) is 0 Å². The summed E-state index contributed by atoms with van der Waals surface area (Å²) >= 11 is 0. The van der Waals surface area contributed by atoms with Gasteiger partial charge in [0.1, 0.15) is 17.5 Å². The zero-order valence-corrected chi connectivity index (χ0v) is 18.5. The Labute approximate surface area is 177 Å². The monoisotopic (exact) mass is 420 g/mol. The molecule has 0 fully saturated rings. The van der Waals surface area contributed by atoms with Crippen molar-refractivity contribution >= 4 is 23.8 Å². The number of carbonyl (C=O) groups is 3. The van der Waals surface area contributed by atoms with Gasteiger partial charge in [-0.25, -0.2) is 9.59 Å². The van der Waals surface area contributed by atoms with Crippen LogP contribution in [0, 0.1) is 20.8 Å². The van der Waals surface area contributed by atoms with Crippen LogP contribution in [-0.2, 0) is 25.6 Å². The van der Waals surface area contributed by atoms with Crippen LogP contribution in [0.1, 0.15) is 55.9 Å². The number of carbonyl (C=O) groups excluding carboxylic acids is 3. The van der Waals surface area contributed by atoms with Gasteiger partial charge in [0.15, 0.2) is 0 Å². The topological polar surface area (TPSA) is 146 Å². The predicted octanol–water partition coefficient (Wildman–Crippen LogP) is 2.13.